The van der Waals surface area contributed by atoms with E-state index in [1.807, 2.05) is 25.5 Å². The van der Waals surface area contributed by atoms with Crippen LogP contribution in [0.15, 0.2) is 24.5 Å². The zero-order valence-corrected chi connectivity index (χ0v) is 6.67. The molecule has 0 saturated heterocycles. The first-order chi connectivity index (χ1) is 5.37. The first kappa shape index (κ1) is 6.80. The standard InChI is InChI=1S/C9H12N2/c1-10-9(4-5-9)8-3-2-6-11-7-8/h2-3,6-7,10H,4-5H2,1H3. The van der Waals surface area contributed by atoms with Gasteiger partial charge in [0, 0.05) is 17.9 Å². The maximum absolute atomic E-state index is 4.10. The fraction of sp³-hybridized carbons (Fsp3) is 0.444. The summed E-state index contributed by atoms with van der Waals surface area (Å²) in [6.45, 7) is 0. The molecule has 0 bridgehead atoms. The number of rotatable bonds is 2. The van der Waals surface area contributed by atoms with E-state index >= 15 is 0 Å². The number of nitrogens with zero attached hydrogens (tertiary/aromatic N) is 1. The molecule has 2 heteroatoms. The molecule has 58 valence electrons. The van der Waals surface area contributed by atoms with E-state index in [1.165, 1.54) is 18.4 Å². The van der Waals surface area contributed by atoms with Crippen LogP contribution in [0.5, 0.6) is 0 Å². The van der Waals surface area contributed by atoms with Crippen LogP contribution in [0.3, 0.4) is 0 Å². The van der Waals surface area contributed by atoms with Gasteiger partial charge in [-0.3, -0.25) is 4.98 Å². The summed E-state index contributed by atoms with van der Waals surface area (Å²) in [7, 11) is 2.01. The Morgan fingerprint density at radius 3 is 2.82 bits per heavy atom. The number of hydrogen-bond acceptors (Lipinski definition) is 2. The highest BCUT2D eigenvalue weighted by atomic mass is 15.0. The molecule has 11 heavy (non-hydrogen) atoms. The van der Waals surface area contributed by atoms with Gasteiger partial charge in [-0.25, -0.2) is 0 Å². The second kappa shape index (κ2) is 2.31. The molecule has 1 aromatic heterocycles. The van der Waals surface area contributed by atoms with Crippen LogP contribution < -0.4 is 5.32 Å². The van der Waals surface area contributed by atoms with Crippen LogP contribution in [0.4, 0.5) is 0 Å². The second-order valence-electron chi connectivity index (χ2n) is 3.07. The molecular weight excluding hydrogens is 136 g/mol. The van der Waals surface area contributed by atoms with Gasteiger partial charge >= 0.3 is 0 Å². The van der Waals surface area contributed by atoms with E-state index in [-0.39, 0.29) is 5.54 Å². The Balaban J connectivity index is 2.30. The summed E-state index contributed by atoms with van der Waals surface area (Å²) >= 11 is 0. The Hall–Kier alpha value is -0.890. The van der Waals surface area contributed by atoms with E-state index in [1.54, 1.807) is 0 Å². The lowest BCUT2D eigenvalue weighted by atomic mass is 10.1. The largest absolute Gasteiger partial charge is 0.310 e. The van der Waals surface area contributed by atoms with Gasteiger partial charge in [-0.15, -0.1) is 0 Å². The van der Waals surface area contributed by atoms with Crippen LogP contribution in [-0.2, 0) is 5.54 Å². The van der Waals surface area contributed by atoms with Gasteiger partial charge in [0.25, 0.3) is 0 Å². The van der Waals surface area contributed by atoms with Gasteiger partial charge in [0.2, 0.25) is 0 Å². The lowest BCUT2D eigenvalue weighted by molar-refractivity contribution is 0.583. The van der Waals surface area contributed by atoms with Gasteiger partial charge in [0.1, 0.15) is 0 Å². The zero-order valence-electron chi connectivity index (χ0n) is 6.67. The molecule has 1 fully saturated rings. The molecule has 0 unspecified atom stereocenters. The molecule has 0 amide bonds. The highest BCUT2D eigenvalue weighted by Crippen LogP contribution is 2.44. The van der Waals surface area contributed by atoms with Crippen molar-refractivity contribution in [1.82, 2.24) is 10.3 Å². The van der Waals surface area contributed by atoms with Crippen LogP contribution >= 0.6 is 0 Å². The molecule has 0 aliphatic heterocycles. The third-order valence-corrected chi connectivity index (χ3v) is 2.44. The molecular formula is C9H12N2. The zero-order chi connectivity index (χ0) is 7.73. The predicted molar refractivity (Wildman–Crippen MR) is 44.2 cm³/mol. The van der Waals surface area contributed by atoms with Crippen LogP contribution in [0.1, 0.15) is 18.4 Å². The third-order valence-electron chi connectivity index (χ3n) is 2.44. The Morgan fingerprint density at radius 1 is 1.55 bits per heavy atom. The van der Waals surface area contributed by atoms with Crippen molar-refractivity contribution in [3.63, 3.8) is 0 Å². The topological polar surface area (TPSA) is 24.9 Å². The lowest BCUT2D eigenvalue weighted by Gasteiger charge is -2.12. The third kappa shape index (κ3) is 1.03. The fourth-order valence-electron chi connectivity index (χ4n) is 1.45. The lowest BCUT2D eigenvalue weighted by Crippen LogP contribution is -2.24. The summed E-state index contributed by atoms with van der Waals surface area (Å²) in [5.74, 6) is 0. The molecule has 0 aromatic carbocycles. The molecule has 1 aliphatic rings. The summed E-state index contributed by atoms with van der Waals surface area (Å²) < 4.78 is 0. The van der Waals surface area contributed by atoms with Crippen molar-refractivity contribution in [2.45, 2.75) is 18.4 Å². The van der Waals surface area contributed by atoms with Gasteiger partial charge < -0.3 is 5.32 Å². The molecule has 0 atom stereocenters. The summed E-state index contributed by atoms with van der Waals surface area (Å²) in [4.78, 5) is 4.10. The van der Waals surface area contributed by atoms with Gasteiger partial charge in [0.15, 0.2) is 0 Å². The van der Waals surface area contributed by atoms with Crippen molar-refractivity contribution >= 4 is 0 Å². The fourth-order valence-corrected chi connectivity index (χ4v) is 1.45. The number of aromatic nitrogens is 1. The molecule has 1 aromatic rings. The van der Waals surface area contributed by atoms with Crippen molar-refractivity contribution < 1.29 is 0 Å². The Kier molecular flexibility index (Phi) is 1.43. The number of nitrogens with one attached hydrogen (secondary N) is 1. The first-order valence-corrected chi connectivity index (χ1v) is 3.97. The monoisotopic (exact) mass is 148 g/mol. The average Bonchev–Trinajstić information content (AvgIpc) is 2.86. The summed E-state index contributed by atoms with van der Waals surface area (Å²) in [6.07, 6.45) is 6.25. The highest BCUT2D eigenvalue weighted by molar-refractivity contribution is 5.26. The van der Waals surface area contributed by atoms with Gasteiger partial charge in [-0.2, -0.15) is 0 Å². The summed E-state index contributed by atoms with van der Waals surface area (Å²) in [5, 5.41) is 3.33. The van der Waals surface area contributed by atoms with Crippen molar-refractivity contribution in [3.8, 4) is 0 Å². The number of pyridine rings is 1. The van der Waals surface area contributed by atoms with E-state index in [0.717, 1.165) is 0 Å². The van der Waals surface area contributed by atoms with E-state index in [2.05, 4.69) is 16.4 Å². The van der Waals surface area contributed by atoms with Crippen molar-refractivity contribution in [1.29, 1.82) is 0 Å². The van der Waals surface area contributed by atoms with Crippen LogP contribution in [0, 0.1) is 0 Å². The molecule has 2 rings (SSSR count). The molecule has 1 aliphatic carbocycles. The van der Waals surface area contributed by atoms with Crippen molar-refractivity contribution in [2.24, 2.45) is 0 Å². The van der Waals surface area contributed by atoms with Gasteiger partial charge in [-0.1, -0.05) is 6.07 Å². The molecule has 2 nitrogen and oxygen atoms in total. The average molecular weight is 148 g/mol. The SMILES string of the molecule is CNC1(c2cccnc2)CC1. The Labute approximate surface area is 66.7 Å². The van der Waals surface area contributed by atoms with Crippen molar-refractivity contribution in [2.75, 3.05) is 7.05 Å². The van der Waals surface area contributed by atoms with Gasteiger partial charge in [0.05, 0.1) is 0 Å². The maximum Gasteiger partial charge on any atom is 0.0449 e. The Morgan fingerprint density at radius 2 is 2.36 bits per heavy atom. The first-order valence-electron chi connectivity index (χ1n) is 3.97. The van der Waals surface area contributed by atoms with E-state index in [0.29, 0.717) is 0 Å². The minimum atomic E-state index is 0.272. The predicted octanol–water partition coefficient (Wildman–Crippen LogP) is 1.29. The molecule has 1 heterocycles. The van der Waals surface area contributed by atoms with Crippen molar-refractivity contribution in [3.05, 3.63) is 30.1 Å². The van der Waals surface area contributed by atoms with E-state index < -0.39 is 0 Å². The van der Waals surface area contributed by atoms with E-state index in [9.17, 15) is 0 Å². The van der Waals surface area contributed by atoms with Crippen LogP contribution in [0.2, 0.25) is 0 Å². The minimum Gasteiger partial charge on any atom is -0.310 e. The van der Waals surface area contributed by atoms with E-state index in [4.69, 9.17) is 0 Å². The Bertz CT molecular complexity index is 239. The van der Waals surface area contributed by atoms with Crippen LogP contribution in [-0.4, -0.2) is 12.0 Å². The minimum absolute atomic E-state index is 0.272. The molecule has 1 saturated carbocycles. The molecule has 0 spiro atoms. The summed E-state index contributed by atoms with van der Waals surface area (Å²) in [6, 6.07) is 4.13. The highest BCUT2D eigenvalue weighted by Gasteiger charge is 2.42. The van der Waals surface area contributed by atoms with Crippen LogP contribution in [0.25, 0.3) is 0 Å². The molecule has 1 N–H and O–H groups in total. The number of hydrogen-bond donors (Lipinski definition) is 1. The smallest absolute Gasteiger partial charge is 0.0449 e. The van der Waals surface area contributed by atoms with Gasteiger partial charge in [-0.05, 0) is 31.5 Å². The normalized spacial score (nSPS) is 19.7. The maximum atomic E-state index is 4.10. The summed E-state index contributed by atoms with van der Waals surface area (Å²) in [5.41, 5.74) is 1.59. The molecule has 0 radical (unpaired) electrons. The quantitative estimate of drug-likeness (QED) is 0.683. The second-order valence-corrected chi connectivity index (χ2v) is 3.07.